The largest absolute Gasteiger partial charge is 0.123 e. The summed E-state index contributed by atoms with van der Waals surface area (Å²) in [6.45, 7) is 0. The smallest absolute Gasteiger partial charge is 0.115 e. The van der Waals surface area contributed by atoms with Crippen molar-refractivity contribution in [1.29, 1.82) is 0 Å². The molecule has 2 radical (unpaired) electrons. The molecule has 0 N–H and O–H groups in total. The third kappa shape index (κ3) is 2.48. The molecule has 2 aromatic rings. The van der Waals surface area contributed by atoms with Crippen molar-refractivity contribution in [2.24, 2.45) is 0 Å². The van der Waals surface area contributed by atoms with Crippen LogP contribution in [0.1, 0.15) is 11.1 Å². The molecule has 0 aliphatic heterocycles. The van der Waals surface area contributed by atoms with Gasteiger partial charge in [-0.25, -0.2) is 0 Å². The zero-order valence-corrected chi connectivity index (χ0v) is 10.3. The highest BCUT2D eigenvalue weighted by atomic mass is 28.2. The molecule has 0 aliphatic carbocycles. The normalized spacial score (nSPS) is 9.29. The van der Waals surface area contributed by atoms with Crippen molar-refractivity contribution >= 4 is 19.9 Å². The Balaban J connectivity index is 2.41. The van der Waals surface area contributed by atoms with Crippen molar-refractivity contribution in [2.45, 2.75) is 0 Å². The molecule has 2 aromatic carbocycles. The molecule has 17 heavy (non-hydrogen) atoms. The van der Waals surface area contributed by atoms with Gasteiger partial charge in [0.15, 0.2) is 0 Å². The first-order valence-electron chi connectivity index (χ1n) is 5.23. The Bertz CT molecular complexity index is 598. The van der Waals surface area contributed by atoms with Crippen molar-refractivity contribution in [2.75, 3.05) is 0 Å². The van der Waals surface area contributed by atoms with Crippen LogP contribution in [-0.4, -0.2) is 9.52 Å². The molecule has 2 rings (SSSR count). The average molecular weight is 230 g/mol. The molecule has 0 saturated carbocycles. The predicted octanol–water partition coefficient (Wildman–Crippen LogP) is 1.30. The molecule has 0 amide bonds. The van der Waals surface area contributed by atoms with Crippen LogP contribution in [0.3, 0.4) is 0 Å². The third-order valence-electron chi connectivity index (χ3n) is 2.42. The summed E-state index contributed by atoms with van der Waals surface area (Å²) in [7, 11) is 0.544. The van der Waals surface area contributed by atoms with Gasteiger partial charge in [0.25, 0.3) is 0 Å². The van der Waals surface area contributed by atoms with E-state index in [0.717, 1.165) is 16.3 Å². The number of rotatable bonds is 2. The van der Waals surface area contributed by atoms with Gasteiger partial charge in [-0.1, -0.05) is 59.5 Å². The highest BCUT2D eigenvalue weighted by Crippen LogP contribution is 2.02. The van der Waals surface area contributed by atoms with E-state index in [0.29, 0.717) is 9.52 Å². The maximum absolute atomic E-state index is 5.54. The summed E-state index contributed by atoms with van der Waals surface area (Å²) < 4.78 is 0. The standard InChI is InChI=1S/C16H10Si/c1-3-13-9-8-12-16(15(13)4-2)17-14-10-6-5-7-11-14/h1-2,5-12H. The second-order valence-corrected chi connectivity index (χ2v) is 4.87. The molecule has 1 heteroatoms. The average Bonchev–Trinajstić information content (AvgIpc) is 2.39. The first kappa shape index (κ1) is 11.3. The van der Waals surface area contributed by atoms with Crippen molar-refractivity contribution in [1.82, 2.24) is 0 Å². The van der Waals surface area contributed by atoms with Crippen molar-refractivity contribution in [3.05, 3.63) is 59.7 Å². The number of hydrogen-bond donors (Lipinski definition) is 0. The van der Waals surface area contributed by atoms with Crippen molar-refractivity contribution in [3.8, 4) is 24.7 Å². The van der Waals surface area contributed by atoms with E-state index in [2.05, 4.69) is 24.0 Å². The lowest BCUT2D eigenvalue weighted by Crippen LogP contribution is -2.29. The molecule has 0 bridgehead atoms. The Labute approximate surface area is 105 Å². The van der Waals surface area contributed by atoms with Gasteiger partial charge in [0.1, 0.15) is 9.52 Å². The molecule has 0 saturated heterocycles. The predicted molar refractivity (Wildman–Crippen MR) is 73.8 cm³/mol. The lowest BCUT2D eigenvalue weighted by atomic mass is 10.1. The molecule has 0 aliphatic rings. The van der Waals surface area contributed by atoms with Crippen LogP contribution in [0.4, 0.5) is 0 Å². The van der Waals surface area contributed by atoms with E-state index in [-0.39, 0.29) is 0 Å². The summed E-state index contributed by atoms with van der Waals surface area (Å²) in [4.78, 5) is 0. The number of benzene rings is 2. The monoisotopic (exact) mass is 230 g/mol. The van der Waals surface area contributed by atoms with E-state index in [9.17, 15) is 0 Å². The van der Waals surface area contributed by atoms with Crippen LogP contribution in [0.25, 0.3) is 0 Å². The van der Waals surface area contributed by atoms with Gasteiger partial charge in [0, 0.05) is 11.1 Å². The molecular formula is C16H10Si. The quantitative estimate of drug-likeness (QED) is 0.539. The number of terminal acetylenes is 2. The van der Waals surface area contributed by atoms with Crippen LogP contribution in [0.5, 0.6) is 0 Å². The molecule has 0 atom stereocenters. The van der Waals surface area contributed by atoms with E-state index in [1.165, 1.54) is 5.19 Å². The summed E-state index contributed by atoms with van der Waals surface area (Å²) in [5.74, 6) is 5.33. The summed E-state index contributed by atoms with van der Waals surface area (Å²) in [5.41, 5.74) is 1.64. The number of hydrogen-bond acceptors (Lipinski definition) is 0. The Morgan fingerprint density at radius 3 is 2.24 bits per heavy atom. The SMILES string of the molecule is C#Cc1cccc([Si]c2ccccc2)c1C#C. The molecule has 0 fully saturated rings. The maximum Gasteiger partial charge on any atom is 0.123 e. The summed E-state index contributed by atoms with van der Waals surface area (Å²) >= 11 is 0. The highest BCUT2D eigenvalue weighted by molar-refractivity contribution is 6.68. The lowest BCUT2D eigenvalue weighted by Gasteiger charge is -2.06. The van der Waals surface area contributed by atoms with E-state index < -0.39 is 0 Å². The third-order valence-corrected chi connectivity index (χ3v) is 3.73. The fraction of sp³-hybridized carbons (Fsp3) is 0. The zero-order valence-electron chi connectivity index (χ0n) is 9.27. The summed E-state index contributed by atoms with van der Waals surface area (Å²) in [6.07, 6.45) is 11.0. The Morgan fingerprint density at radius 2 is 1.59 bits per heavy atom. The van der Waals surface area contributed by atoms with Crippen LogP contribution in [0.15, 0.2) is 48.5 Å². The fourth-order valence-electron chi connectivity index (χ4n) is 1.61. The molecule has 0 nitrogen and oxygen atoms in total. The van der Waals surface area contributed by atoms with Gasteiger partial charge < -0.3 is 0 Å². The Kier molecular flexibility index (Phi) is 3.45. The molecule has 78 valence electrons. The first-order valence-corrected chi connectivity index (χ1v) is 6.23. The summed E-state index contributed by atoms with van der Waals surface area (Å²) in [5, 5.41) is 2.40. The molecule has 0 heterocycles. The second kappa shape index (κ2) is 5.21. The highest BCUT2D eigenvalue weighted by Gasteiger charge is 2.06. The van der Waals surface area contributed by atoms with Crippen LogP contribution in [-0.2, 0) is 0 Å². The van der Waals surface area contributed by atoms with Crippen molar-refractivity contribution < 1.29 is 0 Å². The first-order chi connectivity index (χ1) is 8.35. The van der Waals surface area contributed by atoms with Crippen molar-refractivity contribution in [3.63, 3.8) is 0 Å². The maximum atomic E-state index is 5.54. The van der Waals surface area contributed by atoms with Crippen LogP contribution in [0.2, 0.25) is 0 Å². The van der Waals surface area contributed by atoms with Crippen LogP contribution in [0, 0.1) is 24.7 Å². The van der Waals surface area contributed by atoms with Gasteiger partial charge >= 0.3 is 0 Å². The van der Waals surface area contributed by atoms with E-state index in [4.69, 9.17) is 12.8 Å². The lowest BCUT2D eigenvalue weighted by molar-refractivity contribution is 1.63. The van der Waals surface area contributed by atoms with Gasteiger partial charge in [-0.15, -0.1) is 12.8 Å². The minimum Gasteiger partial charge on any atom is -0.115 e. The molecule has 0 aromatic heterocycles. The zero-order chi connectivity index (χ0) is 12.1. The van der Waals surface area contributed by atoms with E-state index in [1.807, 2.05) is 36.4 Å². The molecule has 0 spiro atoms. The van der Waals surface area contributed by atoms with Gasteiger partial charge in [-0.3, -0.25) is 0 Å². The van der Waals surface area contributed by atoms with Gasteiger partial charge in [-0.2, -0.15) is 0 Å². The van der Waals surface area contributed by atoms with E-state index >= 15 is 0 Å². The Hall–Kier alpha value is -2.22. The van der Waals surface area contributed by atoms with Gasteiger partial charge in [-0.05, 0) is 11.3 Å². The van der Waals surface area contributed by atoms with Crippen LogP contribution >= 0.6 is 0 Å². The fourth-order valence-corrected chi connectivity index (χ4v) is 2.79. The van der Waals surface area contributed by atoms with Gasteiger partial charge in [0.05, 0.1) is 0 Å². The van der Waals surface area contributed by atoms with E-state index in [1.54, 1.807) is 0 Å². The van der Waals surface area contributed by atoms with Gasteiger partial charge in [0.2, 0.25) is 0 Å². The molecular weight excluding hydrogens is 220 g/mol. The Morgan fingerprint density at radius 1 is 0.824 bits per heavy atom. The summed E-state index contributed by atoms with van der Waals surface area (Å²) in [6, 6.07) is 16.2. The minimum absolute atomic E-state index is 0.544. The minimum atomic E-state index is 0.544. The topological polar surface area (TPSA) is 0 Å². The van der Waals surface area contributed by atoms with Crippen LogP contribution < -0.4 is 10.4 Å². The molecule has 0 unspecified atom stereocenters. The second-order valence-electron chi connectivity index (χ2n) is 3.51.